The molecule has 0 saturated carbocycles. The Labute approximate surface area is 160 Å². The predicted octanol–water partition coefficient (Wildman–Crippen LogP) is 3.37. The maximum Gasteiger partial charge on any atom is 0.236 e. The quantitative estimate of drug-likeness (QED) is 0.799. The monoisotopic (exact) mass is 388 g/mol. The summed E-state index contributed by atoms with van der Waals surface area (Å²) in [5, 5.41) is 9.27. The normalized spacial score (nSPS) is 23.7. The van der Waals surface area contributed by atoms with Crippen molar-refractivity contribution in [3.63, 3.8) is 0 Å². The second-order valence-electron chi connectivity index (χ2n) is 8.56. The molecule has 0 amide bonds. The molecule has 1 unspecified atom stereocenters. The van der Waals surface area contributed by atoms with E-state index in [0.717, 1.165) is 6.42 Å². The maximum absolute atomic E-state index is 9.13. The summed E-state index contributed by atoms with van der Waals surface area (Å²) in [5.74, 6) is 0.232. The van der Waals surface area contributed by atoms with E-state index in [1.807, 2.05) is 10.6 Å². The molecule has 0 bridgehead atoms. The van der Waals surface area contributed by atoms with E-state index in [1.165, 1.54) is 0 Å². The van der Waals surface area contributed by atoms with E-state index in [0.29, 0.717) is 17.6 Å². The summed E-state index contributed by atoms with van der Waals surface area (Å²) >= 11 is 0. The van der Waals surface area contributed by atoms with Crippen LogP contribution in [-0.4, -0.2) is 40.0 Å². The van der Waals surface area contributed by atoms with E-state index in [4.69, 9.17) is 20.2 Å². The molecule has 1 aliphatic heterocycles. The number of anilines is 1. The van der Waals surface area contributed by atoms with Gasteiger partial charge in [0, 0.05) is 6.42 Å². The number of nitriles is 1. The Bertz CT molecular complexity index is 882. The number of fused-ring (bicyclic) bond motifs is 1. The Morgan fingerprint density at radius 3 is 2.70 bits per heavy atom. The number of hydrogen-bond donors (Lipinski definition) is 1. The molecular weight excluding hydrogens is 360 g/mol. The fraction of sp³-hybridized carbons (Fsp3) is 0.667. The van der Waals surface area contributed by atoms with Gasteiger partial charge in [-0.05, 0) is 24.6 Å². The summed E-state index contributed by atoms with van der Waals surface area (Å²) in [4.78, 5) is 12.6. The van der Waals surface area contributed by atoms with Gasteiger partial charge < -0.3 is 14.9 Å². The molecule has 0 aromatic carbocycles. The van der Waals surface area contributed by atoms with Crippen LogP contribution in [0.25, 0.3) is 11.2 Å². The Kier molecular flexibility index (Phi) is 5.01. The van der Waals surface area contributed by atoms with Crippen LogP contribution in [0.4, 0.5) is 5.82 Å². The Hall–Kier alpha value is -2.02. The number of nitrogen functional groups attached to an aromatic ring is 1. The van der Waals surface area contributed by atoms with E-state index in [1.54, 1.807) is 6.33 Å². The summed E-state index contributed by atoms with van der Waals surface area (Å²) in [6, 6.07) is 1.94. The largest absolute Gasteiger partial charge is 0.411 e. The first kappa shape index (κ1) is 19.7. The molecule has 0 aliphatic carbocycles. The molecule has 2 aromatic heterocycles. The number of hydrogen-bond acceptors (Lipinski definition) is 7. The van der Waals surface area contributed by atoms with Gasteiger partial charge in [-0.3, -0.25) is 4.57 Å². The number of rotatable bonds is 4. The highest BCUT2D eigenvalue weighted by Gasteiger charge is 2.44. The Morgan fingerprint density at radius 2 is 2.11 bits per heavy atom. The van der Waals surface area contributed by atoms with Crippen molar-refractivity contribution < 1.29 is 9.16 Å². The van der Waals surface area contributed by atoms with Crippen molar-refractivity contribution in [3.05, 3.63) is 12.2 Å². The van der Waals surface area contributed by atoms with Crippen molar-refractivity contribution in [2.75, 3.05) is 5.73 Å². The molecule has 0 radical (unpaired) electrons. The number of nitrogens with zero attached hydrogens (tertiary/aromatic N) is 5. The van der Waals surface area contributed by atoms with Gasteiger partial charge in [0.05, 0.1) is 18.5 Å². The molecule has 1 fully saturated rings. The Balaban J connectivity index is 1.91. The maximum atomic E-state index is 9.13. The molecule has 0 spiro atoms. The number of ether oxygens (including phenoxy) is 1. The minimum atomic E-state index is -1.91. The lowest BCUT2D eigenvalue weighted by molar-refractivity contribution is -0.0162. The minimum absolute atomic E-state index is 0.0104. The molecule has 3 rings (SSSR count). The second kappa shape index (κ2) is 6.85. The molecule has 2 aromatic rings. The van der Waals surface area contributed by atoms with Gasteiger partial charge in [-0.25, -0.2) is 4.98 Å². The summed E-state index contributed by atoms with van der Waals surface area (Å²) in [6.07, 6.45) is 3.01. The zero-order valence-electron chi connectivity index (χ0n) is 16.9. The highest BCUT2D eigenvalue weighted by atomic mass is 28.4. The molecule has 1 saturated heterocycles. The van der Waals surface area contributed by atoms with Crippen LogP contribution in [0.15, 0.2) is 6.33 Å². The van der Waals surface area contributed by atoms with Crippen LogP contribution in [0.2, 0.25) is 18.1 Å². The molecule has 8 nitrogen and oxygen atoms in total. The summed E-state index contributed by atoms with van der Waals surface area (Å²) in [7, 11) is -1.91. The zero-order chi connectivity index (χ0) is 20.0. The highest BCUT2D eigenvalue weighted by Crippen LogP contribution is 2.42. The molecule has 2 N–H and O–H groups in total. The zero-order valence-corrected chi connectivity index (χ0v) is 17.9. The second-order valence-corrected chi connectivity index (χ2v) is 13.3. The SMILES string of the molecule is CC[C@H]1O[C@@H](n2cnc3c(N)nc(C#N)nc32)CC1O[Si](C)(C)C(C)(C)C. The van der Waals surface area contributed by atoms with Crippen LogP contribution in [0, 0.1) is 11.3 Å². The van der Waals surface area contributed by atoms with Crippen LogP contribution < -0.4 is 5.73 Å². The van der Waals surface area contributed by atoms with Crippen LogP contribution in [0.3, 0.4) is 0 Å². The average molecular weight is 389 g/mol. The smallest absolute Gasteiger partial charge is 0.236 e. The van der Waals surface area contributed by atoms with Crippen LogP contribution in [0.5, 0.6) is 0 Å². The Morgan fingerprint density at radius 1 is 1.41 bits per heavy atom. The van der Waals surface area contributed by atoms with E-state index < -0.39 is 8.32 Å². The van der Waals surface area contributed by atoms with E-state index >= 15 is 0 Å². The third-order valence-corrected chi connectivity index (χ3v) is 10.2. The van der Waals surface area contributed by atoms with Crippen molar-refractivity contribution in [2.45, 2.75) is 77.1 Å². The van der Waals surface area contributed by atoms with E-state index in [-0.39, 0.29) is 35.1 Å². The number of imidazole rings is 1. The van der Waals surface area contributed by atoms with Gasteiger partial charge in [-0.15, -0.1) is 0 Å². The average Bonchev–Trinajstić information content (AvgIpc) is 3.17. The van der Waals surface area contributed by atoms with Crippen LogP contribution in [-0.2, 0) is 9.16 Å². The first-order valence-electron chi connectivity index (χ1n) is 9.30. The van der Waals surface area contributed by atoms with Gasteiger partial charge in [0.25, 0.3) is 0 Å². The number of nitrogens with two attached hydrogens (primary N) is 1. The third kappa shape index (κ3) is 3.57. The molecule has 3 atom stereocenters. The molecule has 146 valence electrons. The first-order chi connectivity index (χ1) is 12.6. The van der Waals surface area contributed by atoms with Gasteiger partial charge in [-0.1, -0.05) is 27.7 Å². The highest BCUT2D eigenvalue weighted by molar-refractivity contribution is 6.74. The van der Waals surface area contributed by atoms with Gasteiger partial charge >= 0.3 is 0 Å². The van der Waals surface area contributed by atoms with E-state index in [2.05, 4.69) is 55.7 Å². The summed E-state index contributed by atoms with van der Waals surface area (Å²) < 4.78 is 14.8. The summed E-state index contributed by atoms with van der Waals surface area (Å²) in [5.41, 5.74) is 6.92. The lowest BCUT2D eigenvalue weighted by Gasteiger charge is -2.39. The van der Waals surface area contributed by atoms with Crippen molar-refractivity contribution in [1.82, 2.24) is 19.5 Å². The standard InChI is InChI=1S/C18H28N6O2Si/c1-7-11-12(26-27(5,6)18(2,3)4)8-14(25-11)24-10-21-15-16(20)22-13(9-19)23-17(15)24/h10-12,14H,7-8H2,1-6H3,(H2,20,22,23)/t11-,12?,14-/m1/s1. The lowest BCUT2D eigenvalue weighted by Crippen LogP contribution is -2.45. The predicted molar refractivity (Wildman–Crippen MR) is 105 cm³/mol. The molecular formula is C18H28N6O2Si. The fourth-order valence-corrected chi connectivity index (χ4v) is 4.47. The van der Waals surface area contributed by atoms with Crippen molar-refractivity contribution >= 4 is 25.3 Å². The molecule has 27 heavy (non-hydrogen) atoms. The molecule has 9 heteroatoms. The van der Waals surface area contributed by atoms with Crippen molar-refractivity contribution in [3.8, 4) is 6.07 Å². The van der Waals surface area contributed by atoms with Crippen molar-refractivity contribution in [2.24, 2.45) is 0 Å². The minimum Gasteiger partial charge on any atom is -0.411 e. The van der Waals surface area contributed by atoms with Gasteiger partial charge in [0.2, 0.25) is 5.82 Å². The van der Waals surface area contributed by atoms with E-state index in [9.17, 15) is 0 Å². The molecule has 1 aliphatic rings. The van der Waals surface area contributed by atoms with Gasteiger partial charge in [0.1, 0.15) is 17.8 Å². The molecule has 3 heterocycles. The van der Waals surface area contributed by atoms with Gasteiger partial charge in [0.15, 0.2) is 19.8 Å². The number of aromatic nitrogens is 4. The van der Waals surface area contributed by atoms with Crippen molar-refractivity contribution in [1.29, 1.82) is 5.26 Å². The topological polar surface area (TPSA) is 112 Å². The fourth-order valence-electron chi connectivity index (χ4n) is 3.11. The van der Waals surface area contributed by atoms with Crippen LogP contribution in [0.1, 0.15) is 52.6 Å². The van der Waals surface area contributed by atoms with Crippen LogP contribution >= 0.6 is 0 Å². The lowest BCUT2D eigenvalue weighted by atomic mass is 10.1. The third-order valence-electron chi connectivity index (χ3n) is 5.69. The first-order valence-corrected chi connectivity index (χ1v) is 12.2. The van der Waals surface area contributed by atoms with Gasteiger partial charge in [-0.2, -0.15) is 15.2 Å². The summed E-state index contributed by atoms with van der Waals surface area (Å²) in [6.45, 7) is 13.3.